The Morgan fingerprint density at radius 3 is 2.35 bits per heavy atom. The number of rotatable bonds is 13. The van der Waals surface area contributed by atoms with E-state index in [1.807, 2.05) is 51.1 Å². The van der Waals surface area contributed by atoms with Gasteiger partial charge in [-0.25, -0.2) is 0 Å². The molecule has 3 aliphatic heterocycles. The Balaban J connectivity index is 1.62. The summed E-state index contributed by atoms with van der Waals surface area (Å²) in [4.78, 5) is 49.4. The van der Waals surface area contributed by atoms with Crippen molar-refractivity contribution in [2.45, 2.75) is 56.2 Å². The summed E-state index contributed by atoms with van der Waals surface area (Å²) in [6.07, 6.45) is 4.01. The molecule has 5 rings (SSSR count). The van der Waals surface area contributed by atoms with Gasteiger partial charge in [-0.15, -0.1) is 24.9 Å². The van der Waals surface area contributed by atoms with Crippen molar-refractivity contribution < 1.29 is 24.2 Å². The second-order valence-corrected chi connectivity index (χ2v) is 14.6. The predicted molar refractivity (Wildman–Crippen MR) is 185 cm³/mol. The molecule has 1 spiro atoms. The number of anilines is 2. The van der Waals surface area contributed by atoms with Gasteiger partial charge in [-0.3, -0.25) is 14.4 Å². The average Bonchev–Trinajstić information content (AvgIpc) is 3.63. The van der Waals surface area contributed by atoms with Crippen molar-refractivity contribution in [3.63, 3.8) is 0 Å². The van der Waals surface area contributed by atoms with E-state index >= 15 is 0 Å². The van der Waals surface area contributed by atoms with Crippen LogP contribution in [0.1, 0.15) is 34.1 Å². The van der Waals surface area contributed by atoms with E-state index in [-0.39, 0.29) is 54.5 Å². The van der Waals surface area contributed by atoms with E-state index in [9.17, 15) is 19.5 Å². The lowest BCUT2D eigenvalue weighted by atomic mass is 9.65. The molecule has 1 N–H and O–H groups in total. The Labute approximate surface area is 281 Å². The number of hydrogen-bond donors (Lipinski definition) is 1. The summed E-state index contributed by atoms with van der Waals surface area (Å²) in [6, 6.07) is 12.9. The highest BCUT2D eigenvalue weighted by Crippen LogP contribution is 2.69. The fourth-order valence-corrected chi connectivity index (χ4v) is 10.4. The van der Waals surface area contributed by atoms with Crippen molar-refractivity contribution in [1.29, 1.82) is 0 Å². The number of ether oxygens (including phenoxy) is 1. The predicted octanol–water partition coefficient (Wildman–Crippen LogP) is 5.83. The number of amides is 3. The van der Waals surface area contributed by atoms with Crippen LogP contribution in [0.3, 0.4) is 0 Å². The van der Waals surface area contributed by atoms with Crippen LogP contribution in [0.15, 0.2) is 73.8 Å². The molecule has 2 aromatic carbocycles. The number of carbonyl (C=O) groups excluding carboxylic acids is 3. The van der Waals surface area contributed by atoms with Gasteiger partial charge in [-0.2, -0.15) is 0 Å². The Hall–Kier alpha value is -3.27. The molecule has 0 aromatic heterocycles. The zero-order valence-electron chi connectivity index (χ0n) is 27.0. The van der Waals surface area contributed by atoms with E-state index in [0.717, 1.165) is 0 Å². The van der Waals surface area contributed by atoms with Gasteiger partial charge < -0.3 is 24.5 Å². The van der Waals surface area contributed by atoms with E-state index in [1.54, 1.807) is 56.8 Å². The van der Waals surface area contributed by atoms with Crippen molar-refractivity contribution in [3.8, 4) is 5.75 Å². The van der Waals surface area contributed by atoms with E-state index in [4.69, 9.17) is 16.3 Å². The highest BCUT2D eigenvalue weighted by molar-refractivity contribution is 8.02. The molecule has 0 radical (unpaired) electrons. The molecule has 10 heteroatoms. The van der Waals surface area contributed by atoms with Crippen molar-refractivity contribution in [3.05, 3.63) is 78.9 Å². The van der Waals surface area contributed by atoms with Crippen molar-refractivity contribution in [2.24, 2.45) is 23.7 Å². The third-order valence-electron chi connectivity index (χ3n) is 9.77. The number of thioether (sulfide) groups is 1. The average molecular weight is 666 g/mol. The molecule has 0 aliphatic carbocycles. The Morgan fingerprint density at radius 2 is 1.76 bits per heavy atom. The number of likely N-dealkylation sites (tertiary alicyclic amines) is 1. The first-order valence-electron chi connectivity index (χ1n) is 16.0. The fraction of sp³-hybridized carbons (Fsp3) is 0.472. The molecule has 3 aliphatic rings. The lowest BCUT2D eigenvalue weighted by molar-refractivity contribution is -0.142. The molecule has 2 aromatic rings. The summed E-state index contributed by atoms with van der Waals surface area (Å²) < 4.78 is 4.74. The summed E-state index contributed by atoms with van der Waals surface area (Å²) in [7, 11) is 0. The Bertz CT molecular complexity index is 1480. The zero-order valence-corrected chi connectivity index (χ0v) is 28.5. The minimum Gasteiger partial charge on any atom is -0.494 e. The molecule has 3 saturated heterocycles. The van der Waals surface area contributed by atoms with Crippen molar-refractivity contribution in [1.82, 2.24) is 4.90 Å². The third kappa shape index (κ3) is 5.54. The summed E-state index contributed by atoms with van der Waals surface area (Å²) in [5, 5.41) is 10.9. The van der Waals surface area contributed by atoms with Gasteiger partial charge in [0.2, 0.25) is 11.8 Å². The van der Waals surface area contributed by atoms with E-state index in [0.29, 0.717) is 35.2 Å². The van der Waals surface area contributed by atoms with Gasteiger partial charge in [0, 0.05) is 24.0 Å². The molecule has 3 heterocycles. The number of fused-ring (bicyclic) bond motifs is 1. The van der Waals surface area contributed by atoms with Gasteiger partial charge in [0.15, 0.2) is 0 Å². The maximum absolute atomic E-state index is 15.0. The van der Waals surface area contributed by atoms with Gasteiger partial charge >= 0.3 is 0 Å². The van der Waals surface area contributed by atoms with Gasteiger partial charge in [0.25, 0.3) is 5.91 Å². The summed E-state index contributed by atoms with van der Waals surface area (Å²) in [6.45, 7) is 16.3. The number of halogens is 1. The number of carbonyl (C=O) groups is 3. The lowest BCUT2D eigenvalue weighted by Crippen LogP contribution is -2.60. The first kappa shape index (κ1) is 34.1. The largest absolute Gasteiger partial charge is 0.494 e. The Morgan fingerprint density at radius 1 is 1.11 bits per heavy atom. The van der Waals surface area contributed by atoms with Gasteiger partial charge in [-0.1, -0.05) is 56.7 Å². The minimum atomic E-state index is -0.915. The summed E-state index contributed by atoms with van der Waals surface area (Å²) in [5.41, 5.74) is 1.21. The normalized spacial score (nSPS) is 27.0. The topological polar surface area (TPSA) is 90.4 Å². The second kappa shape index (κ2) is 13.8. The molecule has 246 valence electrons. The van der Waals surface area contributed by atoms with Crippen molar-refractivity contribution in [2.75, 3.05) is 36.1 Å². The van der Waals surface area contributed by atoms with Crippen LogP contribution >= 0.6 is 23.4 Å². The maximum atomic E-state index is 15.0. The molecular formula is C36H44ClN3O5S. The standard InChI is InChI=1S/C36H44ClN3O5S/c1-7-18-38(24-14-16-25(17-15-24)45-9-3)33(42)30-29-20-23(6)36(46-29)31(30)34(43)40(28(21-41)22(4)5)32(36)35(44)39(19-8-2)27-13-11-10-12-26(27)37/h7-8,10-17,22-23,28-32,41H,1-2,9,18-21H2,3-6H3/t23?,28-,29-,30+,31-,32?,36?/m0/s1. The van der Waals surface area contributed by atoms with Gasteiger partial charge in [0.05, 0.1) is 46.5 Å². The summed E-state index contributed by atoms with van der Waals surface area (Å²) >= 11 is 8.23. The molecule has 8 nitrogen and oxygen atoms in total. The summed E-state index contributed by atoms with van der Waals surface area (Å²) in [5.74, 6) is -1.58. The molecule has 7 atom stereocenters. The zero-order chi connectivity index (χ0) is 33.3. The molecule has 3 amide bonds. The van der Waals surface area contributed by atoms with Crippen LogP contribution < -0.4 is 14.5 Å². The monoisotopic (exact) mass is 665 g/mol. The maximum Gasteiger partial charge on any atom is 0.251 e. The van der Waals surface area contributed by atoms with Gasteiger partial charge in [0.1, 0.15) is 11.8 Å². The third-order valence-corrected chi connectivity index (χ3v) is 12.2. The minimum absolute atomic E-state index is 0.0406. The van der Waals surface area contributed by atoms with E-state index in [1.165, 1.54) is 0 Å². The van der Waals surface area contributed by atoms with E-state index < -0.39 is 28.7 Å². The number of benzene rings is 2. The molecule has 0 saturated carbocycles. The van der Waals surface area contributed by atoms with Crippen LogP contribution in [0.4, 0.5) is 11.4 Å². The number of para-hydroxylation sites is 1. The second-order valence-electron chi connectivity index (χ2n) is 12.6. The number of hydrogen-bond acceptors (Lipinski definition) is 6. The highest BCUT2D eigenvalue weighted by atomic mass is 35.5. The van der Waals surface area contributed by atoms with Gasteiger partial charge in [-0.05, 0) is 61.6 Å². The number of aliphatic hydroxyl groups excluding tert-OH is 1. The first-order chi connectivity index (χ1) is 22.1. The fourth-order valence-electron chi connectivity index (χ4n) is 7.77. The van der Waals surface area contributed by atoms with Crippen LogP contribution in [-0.4, -0.2) is 76.1 Å². The number of nitrogens with zero attached hydrogens (tertiary/aromatic N) is 3. The molecule has 3 fully saturated rings. The molecule has 2 bridgehead atoms. The molecule has 46 heavy (non-hydrogen) atoms. The van der Waals surface area contributed by atoms with Crippen LogP contribution in [0, 0.1) is 23.7 Å². The lowest BCUT2D eigenvalue weighted by Gasteiger charge is -2.43. The van der Waals surface area contributed by atoms with Crippen LogP contribution in [0.2, 0.25) is 5.02 Å². The number of aliphatic hydroxyl groups is 1. The molecular weight excluding hydrogens is 622 g/mol. The highest BCUT2D eigenvalue weighted by Gasteiger charge is 2.77. The van der Waals surface area contributed by atoms with Crippen LogP contribution in [0.5, 0.6) is 5.75 Å². The first-order valence-corrected chi connectivity index (χ1v) is 17.3. The Kier molecular flexibility index (Phi) is 10.3. The quantitative estimate of drug-likeness (QED) is 0.271. The van der Waals surface area contributed by atoms with Crippen LogP contribution in [0.25, 0.3) is 0 Å². The smallest absolute Gasteiger partial charge is 0.251 e. The SMILES string of the molecule is C=CCN(C(=O)[C@@H]1[C@@H]2CC(C)C3(S2)C(C(=O)N(CC=C)c2ccccc2Cl)N([C@@H](CO)C(C)C)C(=O)[C@H]13)c1ccc(OCC)cc1. The van der Waals surface area contributed by atoms with E-state index in [2.05, 4.69) is 20.1 Å². The molecule has 3 unspecified atom stereocenters. The van der Waals surface area contributed by atoms with Crippen molar-refractivity contribution >= 4 is 52.5 Å². The van der Waals surface area contributed by atoms with Crippen LogP contribution in [-0.2, 0) is 14.4 Å².